The standard InChI is InChI=1S/C22H17ClF3N3O3/c23-17-18-12(8-15(26)19(17)28-6-5-27-22(10-28)3-4-22)20(30)13(21(31)32)9-29(18)16-2-1-11(24)7-14(16)25/h1-2,7-9,27H,3-6,10H2,(H,31,32). The molecule has 5 rings (SSSR count). The number of nitrogens with one attached hydrogen (secondary N) is 1. The van der Waals surface area contributed by atoms with E-state index in [0.717, 1.165) is 41.8 Å². The van der Waals surface area contributed by atoms with Crippen molar-refractivity contribution in [3.63, 3.8) is 0 Å². The number of nitrogens with zero attached hydrogens (tertiary/aromatic N) is 2. The van der Waals surface area contributed by atoms with Gasteiger partial charge in [-0.1, -0.05) is 11.6 Å². The Kier molecular flexibility index (Phi) is 4.72. The van der Waals surface area contributed by atoms with Gasteiger partial charge in [0.05, 0.1) is 27.3 Å². The molecule has 1 aliphatic carbocycles. The molecule has 1 saturated carbocycles. The van der Waals surface area contributed by atoms with Gasteiger partial charge in [-0.3, -0.25) is 4.79 Å². The van der Waals surface area contributed by atoms with Crippen molar-refractivity contribution in [2.45, 2.75) is 18.4 Å². The van der Waals surface area contributed by atoms with Gasteiger partial charge in [0.15, 0.2) is 0 Å². The maximum atomic E-state index is 15.3. The first kappa shape index (κ1) is 20.8. The highest BCUT2D eigenvalue weighted by Crippen LogP contribution is 2.42. The van der Waals surface area contributed by atoms with E-state index in [4.69, 9.17) is 11.6 Å². The number of fused-ring (bicyclic) bond motifs is 1. The molecule has 2 aromatic carbocycles. The SMILES string of the molecule is O=C(O)c1cn(-c2ccc(F)cc2F)c2c(Cl)c(N3CCNC4(CC4)C3)c(F)cc2c1=O. The molecule has 3 aromatic rings. The Labute approximate surface area is 184 Å². The van der Waals surface area contributed by atoms with Crippen LogP contribution in [0.3, 0.4) is 0 Å². The van der Waals surface area contributed by atoms with Crippen LogP contribution in [0.5, 0.6) is 0 Å². The molecule has 0 amide bonds. The van der Waals surface area contributed by atoms with E-state index in [1.807, 2.05) is 0 Å². The number of carboxylic acids is 1. The fraction of sp³-hybridized carbons (Fsp3) is 0.273. The summed E-state index contributed by atoms with van der Waals surface area (Å²) in [5, 5.41) is 12.4. The average molecular weight is 464 g/mol. The largest absolute Gasteiger partial charge is 0.477 e. The van der Waals surface area contributed by atoms with Crippen LogP contribution in [0.25, 0.3) is 16.6 Å². The summed E-state index contributed by atoms with van der Waals surface area (Å²) in [5.41, 5.74) is -1.95. The first-order valence-corrected chi connectivity index (χ1v) is 10.3. The third-order valence-electron chi connectivity index (χ3n) is 6.10. The molecule has 1 aliphatic heterocycles. The molecule has 0 bridgehead atoms. The second-order valence-electron chi connectivity index (χ2n) is 8.19. The van der Waals surface area contributed by atoms with Crippen molar-refractivity contribution in [2.24, 2.45) is 0 Å². The van der Waals surface area contributed by atoms with Gasteiger partial charge in [0.2, 0.25) is 5.43 Å². The zero-order chi connectivity index (χ0) is 22.8. The Morgan fingerprint density at radius 1 is 1.16 bits per heavy atom. The maximum absolute atomic E-state index is 15.3. The number of piperazine rings is 1. The smallest absolute Gasteiger partial charge is 0.341 e. The van der Waals surface area contributed by atoms with Gasteiger partial charge >= 0.3 is 5.97 Å². The van der Waals surface area contributed by atoms with E-state index in [-0.39, 0.29) is 32.8 Å². The quantitative estimate of drug-likeness (QED) is 0.619. The van der Waals surface area contributed by atoms with Crippen molar-refractivity contribution < 1.29 is 23.1 Å². The molecule has 1 saturated heterocycles. The molecule has 10 heteroatoms. The molecule has 6 nitrogen and oxygen atoms in total. The third kappa shape index (κ3) is 3.23. The first-order chi connectivity index (χ1) is 15.2. The molecule has 32 heavy (non-hydrogen) atoms. The predicted molar refractivity (Wildman–Crippen MR) is 114 cm³/mol. The van der Waals surface area contributed by atoms with E-state index in [9.17, 15) is 23.5 Å². The number of aromatic nitrogens is 1. The Hall–Kier alpha value is -3.04. The van der Waals surface area contributed by atoms with Crippen LogP contribution in [-0.2, 0) is 0 Å². The van der Waals surface area contributed by atoms with Crippen molar-refractivity contribution in [1.82, 2.24) is 9.88 Å². The minimum Gasteiger partial charge on any atom is -0.477 e. The van der Waals surface area contributed by atoms with Crippen LogP contribution in [0.15, 0.2) is 35.3 Å². The van der Waals surface area contributed by atoms with Gasteiger partial charge in [-0.2, -0.15) is 0 Å². The number of carbonyl (C=O) groups is 1. The van der Waals surface area contributed by atoms with Crippen molar-refractivity contribution in [3.8, 4) is 5.69 Å². The van der Waals surface area contributed by atoms with Gasteiger partial charge in [0, 0.05) is 37.4 Å². The number of anilines is 1. The molecular weight excluding hydrogens is 447 g/mol. The predicted octanol–water partition coefficient (Wildman–Crippen LogP) is 3.70. The summed E-state index contributed by atoms with van der Waals surface area (Å²) in [7, 11) is 0. The molecule has 1 spiro atoms. The van der Waals surface area contributed by atoms with E-state index >= 15 is 4.39 Å². The maximum Gasteiger partial charge on any atom is 0.341 e. The molecule has 0 atom stereocenters. The number of benzene rings is 2. The minimum absolute atomic E-state index is 0.0491. The van der Waals surface area contributed by atoms with Crippen molar-refractivity contribution >= 4 is 34.2 Å². The third-order valence-corrected chi connectivity index (χ3v) is 6.46. The first-order valence-electron chi connectivity index (χ1n) is 9.97. The molecule has 2 heterocycles. The summed E-state index contributed by atoms with van der Waals surface area (Å²) in [4.78, 5) is 26.2. The lowest BCUT2D eigenvalue weighted by Crippen LogP contribution is -2.52. The molecule has 0 radical (unpaired) electrons. The highest BCUT2D eigenvalue weighted by atomic mass is 35.5. The normalized spacial score (nSPS) is 17.2. The summed E-state index contributed by atoms with van der Waals surface area (Å²) < 4.78 is 44.5. The molecule has 166 valence electrons. The highest BCUT2D eigenvalue weighted by Gasteiger charge is 2.46. The Bertz CT molecular complexity index is 1350. The van der Waals surface area contributed by atoms with Crippen LogP contribution in [0.4, 0.5) is 18.9 Å². The van der Waals surface area contributed by atoms with Gasteiger partial charge < -0.3 is 19.9 Å². The number of carboxylic acid groups (broad SMARTS) is 1. The van der Waals surface area contributed by atoms with Gasteiger partial charge in [-0.05, 0) is 31.0 Å². The molecule has 0 unspecified atom stereocenters. The van der Waals surface area contributed by atoms with E-state index in [0.29, 0.717) is 25.7 Å². The van der Waals surface area contributed by atoms with Gasteiger partial charge in [0.25, 0.3) is 0 Å². The zero-order valence-corrected chi connectivity index (χ0v) is 17.3. The molecule has 2 N–H and O–H groups in total. The summed E-state index contributed by atoms with van der Waals surface area (Å²) in [6.45, 7) is 1.59. The second kappa shape index (κ2) is 7.25. The fourth-order valence-electron chi connectivity index (χ4n) is 4.35. The van der Waals surface area contributed by atoms with Crippen LogP contribution in [-0.4, -0.2) is 40.8 Å². The molecule has 1 aromatic heterocycles. The fourth-order valence-corrected chi connectivity index (χ4v) is 4.75. The lowest BCUT2D eigenvalue weighted by Gasteiger charge is -2.36. The monoisotopic (exact) mass is 463 g/mol. The van der Waals surface area contributed by atoms with E-state index in [2.05, 4.69) is 5.32 Å². The van der Waals surface area contributed by atoms with E-state index in [1.54, 1.807) is 4.90 Å². The lowest BCUT2D eigenvalue weighted by molar-refractivity contribution is 0.0695. The lowest BCUT2D eigenvalue weighted by atomic mass is 10.1. The van der Waals surface area contributed by atoms with E-state index in [1.165, 1.54) is 0 Å². The van der Waals surface area contributed by atoms with E-state index < -0.39 is 34.4 Å². The van der Waals surface area contributed by atoms with Crippen molar-refractivity contribution in [2.75, 3.05) is 24.5 Å². The number of pyridine rings is 1. The van der Waals surface area contributed by atoms with Crippen LogP contribution in [0.2, 0.25) is 5.02 Å². The number of hydrogen-bond acceptors (Lipinski definition) is 4. The summed E-state index contributed by atoms with van der Waals surface area (Å²) in [6, 6.07) is 3.66. The Morgan fingerprint density at radius 3 is 2.56 bits per heavy atom. The molecular formula is C22H17ClF3N3O3. The van der Waals surface area contributed by atoms with Crippen LogP contribution in [0.1, 0.15) is 23.2 Å². The number of rotatable bonds is 3. The molecule has 2 aliphatic rings. The van der Waals surface area contributed by atoms with Crippen LogP contribution < -0.4 is 15.6 Å². The van der Waals surface area contributed by atoms with Gasteiger partial charge in [-0.25, -0.2) is 18.0 Å². The summed E-state index contributed by atoms with van der Waals surface area (Å²) >= 11 is 6.63. The van der Waals surface area contributed by atoms with Gasteiger partial charge in [-0.15, -0.1) is 0 Å². The number of hydrogen-bond donors (Lipinski definition) is 2. The van der Waals surface area contributed by atoms with Crippen molar-refractivity contribution in [3.05, 3.63) is 68.7 Å². The van der Waals surface area contributed by atoms with Crippen LogP contribution >= 0.6 is 11.6 Å². The average Bonchev–Trinajstić information content (AvgIpc) is 3.47. The topological polar surface area (TPSA) is 74.6 Å². The Balaban J connectivity index is 1.82. The van der Waals surface area contributed by atoms with Gasteiger partial charge in [0.1, 0.15) is 23.0 Å². The second-order valence-corrected chi connectivity index (χ2v) is 8.57. The minimum atomic E-state index is -1.56. The van der Waals surface area contributed by atoms with Crippen LogP contribution in [0, 0.1) is 17.5 Å². The highest BCUT2D eigenvalue weighted by molar-refractivity contribution is 6.38. The number of aromatic carboxylic acids is 1. The zero-order valence-electron chi connectivity index (χ0n) is 16.6. The summed E-state index contributed by atoms with van der Waals surface area (Å²) in [6.07, 6.45) is 2.82. The Morgan fingerprint density at radius 2 is 1.91 bits per heavy atom. The van der Waals surface area contributed by atoms with Crippen molar-refractivity contribution in [1.29, 1.82) is 0 Å². The molecule has 2 fully saturated rings. The number of halogens is 4. The summed E-state index contributed by atoms with van der Waals surface area (Å²) in [5.74, 6) is -4.16.